The monoisotopic (exact) mass is 415 g/mol. The SMILES string of the molecule is [CH3][Sn]([CH3])[CH]1C(C2=CC=CC2)=C(NC=O)c2c(NC=O)cccc21. The van der Waals surface area contributed by atoms with E-state index in [9.17, 15) is 9.59 Å². The number of fused-ring (bicyclic) bond motifs is 1. The Morgan fingerprint density at radius 3 is 2.57 bits per heavy atom. The molecule has 117 valence electrons. The minimum absolute atomic E-state index is 0.398. The molecule has 1 atom stereocenters. The van der Waals surface area contributed by atoms with Crippen molar-refractivity contribution in [1.29, 1.82) is 0 Å². The predicted molar refractivity (Wildman–Crippen MR) is 94.3 cm³/mol. The molecule has 2 amide bonds. The number of nitrogens with one attached hydrogen (secondary N) is 2. The van der Waals surface area contributed by atoms with Gasteiger partial charge >= 0.3 is 143 Å². The molecule has 0 fully saturated rings. The molecule has 2 aliphatic rings. The van der Waals surface area contributed by atoms with Crippen molar-refractivity contribution in [2.45, 2.75) is 20.2 Å². The molecule has 2 aliphatic carbocycles. The first-order valence-electron chi connectivity index (χ1n) is 7.63. The van der Waals surface area contributed by atoms with Crippen LogP contribution >= 0.6 is 0 Å². The van der Waals surface area contributed by atoms with Crippen LogP contribution in [0.15, 0.2) is 47.6 Å². The van der Waals surface area contributed by atoms with Gasteiger partial charge in [0.15, 0.2) is 0 Å². The summed E-state index contributed by atoms with van der Waals surface area (Å²) >= 11 is -1.68. The fourth-order valence-electron chi connectivity index (χ4n) is 3.51. The fourth-order valence-corrected chi connectivity index (χ4v) is 8.56. The van der Waals surface area contributed by atoms with E-state index >= 15 is 0 Å². The van der Waals surface area contributed by atoms with Gasteiger partial charge in [0.2, 0.25) is 0 Å². The van der Waals surface area contributed by atoms with Gasteiger partial charge in [-0.25, -0.2) is 0 Å². The molecule has 1 aromatic rings. The number of rotatable bonds is 6. The molecule has 4 nitrogen and oxygen atoms in total. The second-order valence-electron chi connectivity index (χ2n) is 5.92. The third-order valence-electron chi connectivity index (χ3n) is 4.33. The zero-order valence-electron chi connectivity index (χ0n) is 13.2. The molecule has 2 N–H and O–H groups in total. The Morgan fingerprint density at radius 2 is 1.96 bits per heavy atom. The van der Waals surface area contributed by atoms with Crippen LogP contribution in [0.25, 0.3) is 5.70 Å². The molecule has 1 unspecified atom stereocenters. The van der Waals surface area contributed by atoms with Crippen molar-refractivity contribution < 1.29 is 9.59 Å². The second-order valence-corrected chi connectivity index (χ2v) is 13.7. The number of carbonyl (C=O) groups excluding carboxylic acids is 2. The van der Waals surface area contributed by atoms with Crippen LogP contribution in [-0.4, -0.2) is 32.6 Å². The van der Waals surface area contributed by atoms with Crippen molar-refractivity contribution in [3.8, 4) is 0 Å². The normalized spacial score (nSPS) is 18.9. The Morgan fingerprint density at radius 1 is 1.17 bits per heavy atom. The molecule has 3 rings (SSSR count). The van der Waals surface area contributed by atoms with Crippen LogP contribution in [0, 0.1) is 0 Å². The van der Waals surface area contributed by atoms with Gasteiger partial charge in [-0.15, -0.1) is 0 Å². The molecule has 0 heterocycles. The van der Waals surface area contributed by atoms with E-state index in [1.807, 2.05) is 12.1 Å². The van der Waals surface area contributed by atoms with Crippen LogP contribution in [0.5, 0.6) is 0 Å². The summed E-state index contributed by atoms with van der Waals surface area (Å²) in [6, 6.07) is 5.99. The van der Waals surface area contributed by atoms with Gasteiger partial charge in [0, 0.05) is 0 Å². The van der Waals surface area contributed by atoms with E-state index in [1.165, 1.54) is 16.7 Å². The van der Waals surface area contributed by atoms with Gasteiger partial charge in [-0.1, -0.05) is 0 Å². The van der Waals surface area contributed by atoms with Gasteiger partial charge in [-0.3, -0.25) is 0 Å². The van der Waals surface area contributed by atoms with Crippen LogP contribution < -0.4 is 10.6 Å². The minimum atomic E-state index is -1.68. The number of anilines is 1. The van der Waals surface area contributed by atoms with Crippen molar-refractivity contribution in [2.75, 3.05) is 5.32 Å². The van der Waals surface area contributed by atoms with E-state index in [4.69, 9.17) is 0 Å². The average Bonchev–Trinajstić information content (AvgIpc) is 3.14. The van der Waals surface area contributed by atoms with Gasteiger partial charge in [-0.2, -0.15) is 0 Å². The number of amides is 2. The fraction of sp³-hybridized carbons (Fsp3) is 0.222. The summed E-state index contributed by atoms with van der Waals surface area (Å²) in [4.78, 5) is 26.9. The Hall–Kier alpha value is -1.82. The predicted octanol–water partition coefficient (Wildman–Crippen LogP) is 2.99. The number of carbonyl (C=O) groups is 2. The molecule has 5 heteroatoms. The molecule has 1 aromatic carbocycles. The maximum absolute atomic E-state index is 11.2. The van der Waals surface area contributed by atoms with E-state index in [0.717, 1.165) is 29.8 Å². The van der Waals surface area contributed by atoms with Gasteiger partial charge in [0.05, 0.1) is 0 Å². The number of hydrogen-bond acceptors (Lipinski definition) is 2. The van der Waals surface area contributed by atoms with E-state index in [-0.39, 0.29) is 0 Å². The summed E-state index contributed by atoms with van der Waals surface area (Å²) in [6.07, 6.45) is 8.67. The van der Waals surface area contributed by atoms with Crippen LogP contribution in [0.4, 0.5) is 5.69 Å². The second kappa shape index (κ2) is 6.74. The van der Waals surface area contributed by atoms with Crippen molar-refractivity contribution in [3.63, 3.8) is 0 Å². The third kappa shape index (κ3) is 2.76. The van der Waals surface area contributed by atoms with Crippen LogP contribution in [-0.2, 0) is 9.59 Å². The van der Waals surface area contributed by atoms with Gasteiger partial charge < -0.3 is 0 Å². The molecule has 0 aromatic heterocycles. The van der Waals surface area contributed by atoms with E-state index in [0.29, 0.717) is 10.3 Å². The Balaban J connectivity index is 2.25. The number of hydrogen-bond donors (Lipinski definition) is 2. The molecule has 0 bridgehead atoms. The molecule has 0 spiro atoms. The van der Waals surface area contributed by atoms with Gasteiger partial charge in [-0.05, 0) is 0 Å². The Kier molecular flexibility index (Phi) is 4.71. The van der Waals surface area contributed by atoms with Gasteiger partial charge in [0.1, 0.15) is 0 Å². The summed E-state index contributed by atoms with van der Waals surface area (Å²) < 4.78 is 0.398. The summed E-state index contributed by atoms with van der Waals surface area (Å²) in [5.74, 6) is 0. The topological polar surface area (TPSA) is 58.2 Å². The zero-order chi connectivity index (χ0) is 16.4. The first-order chi connectivity index (χ1) is 11.2. The summed E-state index contributed by atoms with van der Waals surface area (Å²) in [5.41, 5.74) is 6.36. The molecule has 23 heavy (non-hydrogen) atoms. The quantitative estimate of drug-likeness (QED) is 0.556. The zero-order valence-corrected chi connectivity index (χ0v) is 16.1. The molecule has 0 saturated heterocycles. The standard InChI is InChI=1S/C16H13N2O2.2CH3.Sn/c19-9-17-14-7-3-6-12-8-13(11-4-1-2-5-11)16(15(12)14)18-10-20;;;/h1-4,6-10H,5H2,(H,17,19)(H,18,20);2*1H3;. The number of benzene rings is 1. The first kappa shape index (κ1) is 16.1. The van der Waals surface area contributed by atoms with Crippen molar-refractivity contribution in [2.24, 2.45) is 0 Å². The number of allylic oxidation sites excluding steroid dienone is 5. The maximum atomic E-state index is 11.2. The van der Waals surface area contributed by atoms with Gasteiger partial charge in [0.25, 0.3) is 0 Å². The van der Waals surface area contributed by atoms with Crippen LogP contribution in [0.3, 0.4) is 0 Å². The van der Waals surface area contributed by atoms with Crippen molar-refractivity contribution in [1.82, 2.24) is 5.32 Å². The molecule has 1 radical (unpaired) electrons. The third-order valence-corrected chi connectivity index (χ3v) is 9.34. The van der Waals surface area contributed by atoms with E-state index < -0.39 is 19.8 Å². The summed E-state index contributed by atoms with van der Waals surface area (Å²) in [5, 5.41) is 5.70. The van der Waals surface area contributed by atoms with Crippen molar-refractivity contribution >= 4 is 44.0 Å². The molecular weight excluding hydrogens is 395 g/mol. The van der Waals surface area contributed by atoms with E-state index in [2.05, 4.69) is 44.8 Å². The Bertz CT molecular complexity index is 747. The summed E-state index contributed by atoms with van der Waals surface area (Å²) in [7, 11) is 0. The molecule has 0 saturated carbocycles. The van der Waals surface area contributed by atoms with E-state index in [1.54, 1.807) is 0 Å². The molecule has 0 aliphatic heterocycles. The average molecular weight is 414 g/mol. The van der Waals surface area contributed by atoms with Crippen LogP contribution in [0.2, 0.25) is 9.88 Å². The van der Waals surface area contributed by atoms with Crippen LogP contribution in [0.1, 0.15) is 21.5 Å². The first-order valence-corrected chi connectivity index (χ1v) is 15.0. The van der Waals surface area contributed by atoms with Crippen molar-refractivity contribution in [3.05, 3.63) is 58.7 Å². The summed E-state index contributed by atoms with van der Waals surface area (Å²) in [6.45, 7) is 0. The Labute approximate surface area is 143 Å². The molecular formula is C18H19N2O2Sn.